The Bertz CT molecular complexity index is 164. The molecule has 0 amide bonds. The van der Waals surface area contributed by atoms with Crippen molar-refractivity contribution in [2.24, 2.45) is 10.8 Å². The van der Waals surface area contributed by atoms with E-state index in [0.29, 0.717) is 5.71 Å². The van der Waals surface area contributed by atoms with Crippen LogP contribution in [0, 0.1) is 16.2 Å². The summed E-state index contributed by atoms with van der Waals surface area (Å²) in [6, 6.07) is 0. The molecule has 1 aliphatic carbocycles. The monoisotopic (exact) mass is 141 g/mol. The molecule has 58 valence electrons. The Kier molecular flexibility index (Phi) is 1.25. The maximum Gasteiger partial charge on any atom is 0.0746 e. The summed E-state index contributed by atoms with van der Waals surface area (Å²) in [5.74, 6) is 0. The van der Waals surface area contributed by atoms with Crippen molar-refractivity contribution in [1.29, 1.82) is 5.41 Å². The maximum atomic E-state index is 9.53. The van der Waals surface area contributed by atoms with Gasteiger partial charge in [0, 0.05) is 16.5 Å². The van der Waals surface area contributed by atoms with Crippen LogP contribution in [-0.2, 0) is 0 Å². The van der Waals surface area contributed by atoms with Gasteiger partial charge >= 0.3 is 0 Å². The lowest BCUT2D eigenvalue weighted by atomic mass is 9.52. The predicted molar refractivity (Wildman–Crippen MR) is 41.3 cm³/mol. The molecule has 2 N–H and O–H groups in total. The Balaban J connectivity index is 2.89. The molecule has 2 heteroatoms. The Morgan fingerprint density at radius 2 is 1.50 bits per heavy atom. The van der Waals surface area contributed by atoms with E-state index < -0.39 is 0 Å². The van der Waals surface area contributed by atoms with Crippen molar-refractivity contribution in [2.75, 3.05) is 0 Å². The molecule has 1 rings (SSSR count). The van der Waals surface area contributed by atoms with Gasteiger partial charge < -0.3 is 10.5 Å². The van der Waals surface area contributed by atoms with E-state index in [1.165, 1.54) is 0 Å². The molecule has 0 radical (unpaired) electrons. The fraction of sp³-hybridized carbons (Fsp3) is 0.875. The topological polar surface area (TPSA) is 44.1 Å². The van der Waals surface area contributed by atoms with Crippen LogP contribution in [0.15, 0.2) is 0 Å². The molecule has 0 aliphatic heterocycles. The molecular formula is C8H15NO. The molecule has 1 saturated carbocycles. The van der Waals surface area contributed by atoms with Crippen LogP contribution in [0.2, 0.25) is 0 Å². The number of hydrogen-bond donors (Lipinski definition) is 2. The van der Waals surface area contributed by atoms with Gasteiger partial charge in [-0.2, -0.15) is 0 Å². The molecule has 0 saturated heterocycles. The zero-order chi connectivity index (χ0) is 8.15. The van der Waals surface area contributed by atoms with Crippen molar-refractivity contribution in [3.8, 4) is 0 Å². The summed E-state index contributed by atoms with van der Waals surface area (Å²) < 4.78 is 0. The number of aliphatic hydroxyl groups excluding tert-OH is 1. The van der Waals surface area contributed by atoms with E-state index in [4.69, 9.17) is 5.41 Å². The maximum absolute atomic E-state index is 9.53. The Labute approximate surface area is 61.8 Å². The van der Waals surface area contributed by atoms with Gasteiger partial charge in [-0.3, -0.25) is 0 Å². The Morgan fingerprint density at radius 1 is 1.20 bits per heavy atom. The third-order valence-corrected chi connectivity index (χ3v) is 2.66. The van der Waals surface area contributed by atoms with E-state index in [1.54, 1.807) is 0 Å². The van der Waals surface area contributed by atoms with Gasteiger partial charge in [0.05, 0.1) is 6.10 Å². The van der Waals surface area contributed by atoms with Gasteiger partial charge in [0.25, 0.3) is 0 Å². The van der Waals surface area contributed by atoms with Gasteiger partial charge in [-0.25, -0.2) is 0 Å². The fourth-order valence-electron chi connectivity index (χ4n) is 1.93. The molecule has 0 unspecified atom stereocenters. The van der Waals surface area contributed by atoms with E-state index in [-0.39, 0.29) is 16.9 Å². The fourth-order valence-corrected chi connectivity index (χ4v) is 1.93. The minimum atomic E-state index is -0.354. The third-order valence-electron chi connectivity index (χ3n) is 2.66. The predicted octanol–water partition coefficient (Wildman–Crippen LogP) is 1.43. The van der Waals surface area contributed by atoms with E-state index in [2.05, 4.69) is 0 Å². The zero-order valence-corrected chi connectivity index (χ0v) is 7.02. The van der Waals surface area contributed by atoms with E-state index in [1.807, 2.05) is 27.7 Å². The van der Waals surface area contributed by atoms with Crippen molar-refractivity contribution in [2.45, 2.75) is 33.8 Å². The lowest BCUT2D eigenvalue weighted by Gasteiger charge is -2.55. The lowest BCUT2D eigenvalue weighted by Crippen LogP contribution is -2.63. The van der Waals surface area contributed by atoms with Gasteiger partial charge in [0.15, 0.2) is 0 Å². The summed E-state index contributed by atoms with van der Waals surface area (Å²) in [6.07, 6.45) is -0.354. The average molecular weight is 141 g/mol. The smallest absolute Gasteiger partial charge is 0.0746 e. The van der Waals surface area contributed by atoms with Gasteiger partial charge in [0.2, 0.25) is 0 Å². The highest BCUT2D eigenvalue weighted by atomic mass is 16.3. The molecule has 0 aromatic heterocycles. The SMILES string of the molecule is CC1(C)C(=N)C(C)(C)C1O. The van der Waals surface area contributed by atoms with Crippen molar-refractivity contribution < 1.29 is 5.11 Å². The first-order valence-corrected chi connectivity index (χ1v) is 3.59. The van der Waals surface area contributed by atoms with Crippen LogP contribution in [-0.4, -0.2) is 16.9 Å². The van der Waals surface area contributed by atoms with Crippen LogP contribution in [0.4, 0.5) is 0 Å². The van der Waals surface area contributed by atoms with Crippen molar-refractivity contribution in [3.05, 3.63) is 0 Å². The second kappa shape index (κ2) is 1.62. The number of rotatable bonds is 0. The van der Waals surface area contributed by atoms with E-state index >= 15 is 0 Å². The van der Waals surface area contributed by atoms with Crippen molar-refractivity contribution in [1.82, 2.24) is 0 Å². The summed E-state index contributed by atoms with van der Waals surface area (Å²) in [5.41, 5.74) is 0.0833. The molecule has 0 aromatic carbocycles. The van der Waals surface area contributed by atoms with Gasteiger partial charge in [-0.1, -0.05) is 27.7 Å². The van der Waals surface area contributed by atoms with Crippen LogP contribution in [0.3, 0.4) is 0 Å². The van der Waals surface area contributed by atoms with E-state index in [9.17, 15) is 5.11 Å². The van der Waals surface area contributed by atoms with Crippen LogP contribution in [0.5, 0.6) is 0 Å². The minimum absolute atomic E-state index is 0.288. The molecule has 0 heterocycles. The number of nitrogens with one attached hydrogen (secondary N) is 1. The van der Waals surface area contributed by atoms with Crippen LogP contribution >= 0.6 is 0 Å². The van der Waals surface area contributed by atoms with Crippen molar-refractivity contribution in [3.63, 3.8) is 0 Å². The Hall–Kier alpha value is -0.370. The highest BCUT2D eigenvalue weighted by Crippen LogP contribution is 2.49. The first-order valence-electron chi connectivity index (χ1n) is 3.59. The third kappa shape index (κ3) is 0.601. The van der Waals surface area contributed by atoms with Gasteiger partial charge in [-0.15, -0.1) is 0 Å². The lowest BCUT2D eigenvalue weighted by molar-refractivity contribution is -0.0304. The summed E-state index contributed by atoms with van der Waals surface area (Å²) in [5, 5.41) is 17.1. The standard InChI is InChI=1S/C8H15NO/c1-7(2)5(9)8(3,4)6(7)10/h6,9-10H,1-4H3. The normalized spacial score (nSPS) is 35.3. The molecule has 10 heavy (non-hydrogen) atoms. The van der Waals surface area contributed by atoms with Gasteiger partial charge in [-0.05, 0) is 0 Å². The summed E-state index contributed by atoms with van der Waals surface area (Å²) >= 11 is 0. The van der Waals surface area contributed by atoms with Crippen LogP contribution < -0.4 is 0 Å². The largest absolute Gasteiger partial charge is 0.391 e. The molecule has 0 aromatic rings. The Morgan fingerprint density at radius 3 is 1.60 bits per heavy atom. The molecule has 0 spiro atoms. The summed E-state index contributed by atoms with van der Waals surface area (Å²) in [6.45, 7) is 7.63. The molecule has 0 atom stereocenters. The first kappa shape index (κ1) is 7.73. The van der Waals surface area contributed by atoms with Gasteiger partial charge in [0.1, 0.15) is 0 Å². The summed E-state index contributed by atoms with van der Waals surface area (Å²) in [7, 11) is 0. The molecule has 0 bridgehead atoms. The molecular weight excluding hydrogens is 126 g/mol. The highest BCUT2D eigenvalue weighted by Gasteiger charge is 2.57. The number of aliphatic hydroxyl groups is 1. The van der Waals surface area contributed by atoms with E-state index in [0.717, 1.165) is 0 Å². The second-order valence-electron chi connectivity index (χ2n) is 4.22. The average Bonchev–Trinajstić information content (AvgIpc) is 1.84. The van der Waals surface area contributed by atoms with Crippen LogP contribution in [0.25, 0.3) is 0 Å². The second-order valence-corrected chi connectivity index (χ2v) is 4.22. The summed E-state index contributed by atoms with van der Waals surface area (Å²) in [4.78, 5) is 0. The quantitative estimate of drug-likeness (QED) is 0.526. The first-order chi connectivity index (χ1) is 4.31. The zero-order valence-electron chi connectivity index (χ0n) is 7.02. The molecule has 1 fully saturated rings. The number of hydrogen-bond acceptors (Lipinski definition) is 2. The minimum Gasteiger partial charge on any atom is -0.391 e. The highest BCUT2D eigenvalue weighted by molar-refractivity contribution is 5.99. The van der Waals surface area contributed by atoms with Crippen molar-refractivity contribution >= 4 is 5.71 Å². The molecule has 2 nitrogen and oxygen atoms in total. The van der Waals surface area contributed by atoms with Crippen LogP contribution in [0.1, 0.15) is 27.7 Å². The molecule has 1 aliphatic rings.